The van der Waals surface area contributed by atoms with Crippen LogP contribution in [0, 0.1) is 5.41 Å². The quantitative estimate of drug-likeness (QED) is 0.274. The topological polar surface area (TPSA) is 50.6 Å². The second-order valence-corrected chi connectivity index (χ2v) is 14.8. The summed E-state index contributed by atoms with van der Waals surface area (Å²) in [6.45, 7) is 15.3. The van der Waals surface area contributed by atoms with Crippen LogP contribution in [0.4, 0.5) is 0 Å². The molecule has 6 heteroatoms. The Morgan fingerprint density at radius 1 is 1.00 bits per heavy atom. The van der Waals surface area contributed by atoms with Gasteiger partial charge in [0.25, 0.3) is 0 Å². The molecule has 232 valence electrons. The highest BCUT2D eigenvalue weighted by Gasteiger charge is 2.45. The predicted molar refractivity (Wildman–Crippen MR) is 175 cm³/mol. The highest BCUT2D eigenvalue weighted by atomic mass is 16.5. The summed E-state index contributed by atoms with van der Waals surface area (Å²) < 4.78 is 8.73. The van der Waals surface area contributed by atoms with Crippen molar-refractivity contribution in [3.8, 4) is 5.75 Å². The zero-order chi connectivity index (χ0) is 30.4. The molecule has 6 rings (SSSR count). The first kappa shape index (κ1) is 30.2. The van der Waals surface area contributed by atoms with Crippen molar-refractivity contribution in [2.45, 2.75) is 123 Å². The monoisotopic (exact) mass is 584 g/mol. The van der Waals surface area contributed by atoms with Crippen LogP contribution in [-0.4, -0.2) is 63.1 Å². The molecular formula is C37H52N4O2. The molecule has 3 aliphatic heterocycles. The molecule has 1 aromatic heterocycles. The van der Waals surface area contributed by atoms with Gasteiger partial charge in [-0.2, -0.15) is 0 Å². The third-order valence-electron chi connectivity index (χ3n) is 10.5. The molecule has 1 amide bonds. The maximum atomic E-state index is 13.2. The van der Waals surface area contributed by atoms with Crippen LogP contribution in [0.25, 0.3) is 11.0 Å². The molecule has 2 aromatic carbocycles. The molecule has 3 saturated heterocycles. The lowest BCUT2D eigenvalue weighted by molar-refractivity contribution is -0.141. The summed E-state index contributed by atoms with van der Waals surface area (Å²) >= 11 is 0. The number of likely N-dealkylation sites (tertiary alicyclic amines) is 1. The number of fused-ring (bicyclic) bond motifs is 3. The summed E-state index contributed by atoms with van der Waals surface area (Å²) in [6.07, 6.45) is 9.28. The first-order valence-corrected chi connectivity index (χ1v) is 16.9. The van der Waals surface area contributed by atoms with Crippen LogP contribution >= 0.6 is 0 Å². The van der Waals surface area contributed by atoms with Crippen molar-refractivity contribution in [2.75, 3.05) is 19.6 Å². The molecule has 3 aliphatic rings. The van der Waals surface area contributed by atoms with E-state index >= 15 is 0 Å². The van der Waals surface area contributed by atoms with Gasteiger partial charge in [-0.15, -0.1) is 0 Å². The second kappa shape index (κ2) is 11.9. The van der Waals surface area contributed by atoms with Gasteiger partial charge in [0, 0.05) is 48.5 Å². The molecule has 2 bridgehead atoms. The standard InChI is InChI=1S/C37H52N4O2/c1-7-34-38-32-13-8-9-14-33(32)41(34)30-24-28-15-16-29(25-30)40(28)22-19-37(27-11-10-12-31(23-27)43-26(2)3)17-20-39(21-18-37)35(42)36(4,5)6/h8-14,23,26,28-30H,7,15-22,24-25H2,1-6H3/t28-,29+,30?. The fraction of sp³-hybridized carbons (Fsp3) is 0.622. The minimum absolute atomic E-state index is 0.0528. The Morgan fingerprint density at radius 2 is 1.70 bits per heavy atom. The van der Waals surface area contributed by atoms with Gasteiger partial charge in [-0.05, 0) is 95.2 Å². The van der Waals surface area contributed by atoms with E-state index in [2.05, 4.69) is 83.7 Å². The molecule has 4 heterocycles. The van der Waals surface area contributed by atoms with Crippen molar-refractivity contribution in [3.63, 3.8) is 0 Å². The number of para-hydroxylation sites is 2. The molecule has 1 unspecified atom stereocenters. The molecule has 3 atom stereocenters. The van der Waals surface area contributed by atoms with Crippen molar-refractivity contribution in [1.29, 1.82) is 0 Å². The lowest BCUT2D eigenvalue weighted by atomic mass is 9.70. The number of amides is 1. The average molecular weight is 585 g/mol. The second-order valence-electron chi connectivity index (χ2n) is 14.8. The number of benzene rings is 2. The summed E-state index contributed by atoms with van der Waals surface area (Å²) in [5.74, 6) is 2.47. The first-order valence-electron chi connectivity index (χ1n) is 16.9. The zero-order valence-corrected chi connectivity index (χ0v) is 27.3. The molecule has 0 saturated carbocycles. The number of hydrogen-bond acceptors (Lipinski definition) is 4. The number of hydrogen-bond donors (Lipinski definition) is 0. The number of piperidine rings is 2. The maximum Gasteiger partial charge on any atom is 0.227 e. The van der Waals surface area contributed by atoms with Crippen LogP contribution in [-0.2, 0) is 16.6 Å². The number of rotatable bonds is 8. The number of aromatic nitrogens is 2. The van der Waals surface area contributed by atoms with E-state index < -0.39 is 0 Å². The number of carbonyl (C=O) groups is 1. The third-order valence-corrected chi connectivity index (χ3v) is 10.5. The number of aryl methyl sites for hydroxylation is 1. The van der Waals surface area contributed by atoms with Crippen molar-refractivity contribution < 1.29 is 9.53 Å². The Kier molecular flexibility index (Phi) is 8.36. The van der Waals surface area contributed by atoms with Crippen LogP contribution in [0.1, 0.15) is 104 Å². The first-order chi connectivity index (χ1) is 20.6. The van der Waals surface area contributed by atoms with Gasteiger partial charge in [0.15, 0.2) is 0 Å². The van der Waals surface area contributed by atoms with Gasteiger partial charge in [0.2, 0.25) is 5.91 Å². The minimum Gasteiger partial charge on any atom is -0.491 e. The number of imidazole rings is 1. The van der Waals surface area contributed by atoms with E-state index in [-0.39, 0.29) is 22.8 Å². The fourth-order valence-electron chi connectivity index (χ4n) is 8.38. The molecule has 43 heavy (non-hydrogen) atoms. The van der Waals surface area contributed by atoms with Crippen molar-refractivity contribution in [2.24, 2.45) is 5.41 Å². The van der Waals surface area contributed by atoms with Crippen LogP contribution in [0.2, 0.25) is 0 Å². The van der Waals surface area contributed by atoms with E-state index in [0.717, 1.165) is 56.6 Å². The molecular weight excluding hydrogens is 532 g/mol. The lowest BCUT2D eigenvalue weighted by Gasteiger charge is -2.46. The molecule has 3 fully saturated rings. The van der Waals surface area contributed by atoms with Gasteiger partial charge in [-0.1, -0.05) is 52.0 Å². The number of nitrogens with zero attached hydrogens (tertiary/aromatic N) is 4. The van der Waals surface area contributed by atoms with E-state index in [0.29, 0.717) is 18.1 Å². The van der Waals surface area contributed by atoms with Crippen LogP contribution < -0.4 is 4.74 Å². The summed E-state index contributed by atoms with van der Waals surface area (Å²) in [6, 6.07) is 19.3. The van der Waals surface area contributed by atoms with Crippen molar-refractivity contribution in [3.05, 3.63) is 59.9 Å². The van der Waals surface area contributed by atoms with Crippen LogP contribution in [0.5, 0.6) is 5.75 Å². The van der Waals surface area contributed by atoms with E-state index in [1.807, 2.05) is 20.8 Å². The Labute approximate surface area is 258 Å². The Morgan fingerprint density at radius 3 is 2.35 bits per heavy atom. The van der Waals surface area contributed by atoms with Gasteiger partial charge in [0.1, 0.15) is 11.6 Å². The molecule has 6 nitrogen and oxygen atoms in total. The number of carbonyl (C=O) groups excluding carboxylic acids is 1. The SMILES string of the molecule is CCc1nc2ccccc2n1C1C[C@H]2CC[C@@H](C1)N2CCC1(c2cccc(OC(C)C)c2)CCN(C(=O)C(C)(C)C)CC1. The highest BCUT2D eigenvalue weighted by Crippen LogP contribution is 2.45. The summed E-state index contributed by atoms with van der Waals surface area (Å²) in [7, 11) is 0. The normalized spacial score (nSPS) is 24.2. The van der Waals surface area contributed by atoms with Crippen LogP contribution in [0.15, 0.2) is 48.5 Å². The summed E-state index contributed by atoms with van der Waals surface area (Å²) in [4.78, 5) is 23.2. The van der Waals surface area contributed by atoms with Gasteiger partial charge in [-0.25, -0.2) is 4.98 Å². The van der Waals surface area contributed by atoms with Crippen molar-refractivity contribution >= 4 is 16.9 Å². The summed E-state index contributed by atoms with van der Waals surface area (Å²) in [5.41, 5.74) is 3.53. The summed E-state index contributed by atoms with van der Waals surface area (Å²) in [5, 5.41) is 0. The van der Waals surface area contributed by atoms with E-state index in [1.165, 1.54) is 42.6 Å². The minimum atomic E-state index is -0.341. The molecule has 3 aromatic rings. The average Bonchev–Trinajstić information content (AvgIpc) is 3.48. The van der Waals surface area contributed by atoms with Gasteiger partial charge >= 0.3 is 0 Å². The Balaban J connectivity index is 1.21. The Bertz CT molecular complexity index is 1410. The predicted octanol–water partition coefficient (Wildman–Crippen LogP) is 7.55. The lowest BCUT2D eigenvalue weighted by Crippen LogP contribution is -2.50. The zero-order valence-electron chi connectivity index (χ0n) is 27.3. The van der Waals surface area contributed by atoms with Gasteiger partial charge in [0.05, 0.1) is 17.1 Å². The number of ether oxygens (including phenoxy) is 1. The van der Waals surface area contributed by atoms with E-state index in [9.17, 15) is 4.79 Å². The largest absolute Gasteiger partial charge is 0.491 e. The van der Waals surface area contributed by atoms with Crippen LogP contribution in [0.3, 0.4) is 0 Å². The van der Waals surface area contributed by atoms with Gasteiger partial charge in [-0.3, -0.25) is 9.69 Å². The van der Waals surface area contributed by atoms with E-state index in [1.54, 1.807) is 0 Å². The fourth-order valence-corrected chi connectivity index (χ4v) is 8.38. The van der Waals surface area contributed by atoms with Gasteiger partial charge < -0.3 is 14.2 Å². The maximum absolute atomic E-state index is 13.2. The highest BCUT2D eigenvalue weighted by molar-refractivity contribution is 5.81. The molecule has 0 aliphatic carbocycles. The van der Waals surface area contributed by atoms with Crippen molar-refractivity contribution in [1.82, 2.24) is 19.4 Å². The molecule has 0 N–H and O–H groups in total. The Hall–Kier alpha value is -2.86. The van der Waals surface area contributed by atoms with E-state index in [4.69, 9.17) is 9.72 Å². The molecule has 0 spiro atoms. The smallest absolute Gasteiger partial charge is 0.227 e. The molecule has 0 radical (unpaired) electrons. The third kappa shape index (κ3) is 5.96.